The number of benzene rings is 1. The molecular weight excluding hydrogens is 350 g/mol. The largest absolute Gasteiger partial charge is 0.350 e. The fourth-order valence-electron chi connectivity index (χ4n) is 3.04. The van der Waals surface area contributed by atoms with E-state index in [1.165, 1.54) is 5.56 Å². The summed E-state index contributed by atoms with van der Waals surface area (Å²) in [6, 6.07) is 10.5. The van der Waals surface area contributed by atoms with Crippen molar-refractivity contribution in [2.45, 2.75) is 26.3 Å². The summed E-state index contributed by atoms with van der Waals surface area (Å²) in [7, 11) is 0. The first-order chi connectivity index (χ1) is 13.7. The Kier molecular flexibility index (Phi) is 7.14. The minimum atomic E-state index is -0.115. The summed E-state index contributed by atoms with van der Waals surface area (Å²) in [6.45, 7) is 8.69. The van der Waals surface area contributed by atoms with E-state index in [4.69, 9.17) is 0 Å². The minimum Gasteiger partial charge on any atom is -0.350 e. The van der Waals surface area contributed by atoms with Gasteiger partial charge in [0.05, 0.1) is 5.56 Å². The topological polar surface area (TPSA) is 61.4 Å². The van der Waals surface area contributed by atoms with E-state index in [1.807, 2.05) is 19.9 Å². The first kappa shape index (κ1) is 20.0. The van der Waals surface area contributed by atoms with Crippen LogP contribution >= 0.6 is 0 Å². The predicted molar refractivity (Wildman–Crippen MR) is 113 cm³/mol. The van der Waals surface area contributed by atoms with Gasteiger partial charge in [-0.15, -0.1) is 0 Å². The fraction of sp³-hybridized carbons (Fsp3) is 0.409. The lowest BCUT2D eigenvalue weighted by molar-refractivity contribution is 0.0938. The van der Waals surface area contributed by atoms with E-state index in [2.05, 4.69) is 61.5 Å². The van der Waals surface area contributed by atoms with E-state index in [0.29, 0.717) is 11.5 Å². The van der Waals surface area contributed by atoms with Crippen molar-refractivity contribution in [3.8, 4) is 0 Å². The molecular formula is C22H29N5O. The summed E-state index contributed by atoms with van der Waals surface area (Å²) >= 11 is 0. The van der Waals surface area contributed by atoms with Crippen LogP contribution < -0.4 is 10.2 Å². The van der Waals surface area contributed by atoms with E-state index in [-0.39, 0.29) is 11.9 Å². The Balaban J connectivity index is 1.47. The number of nitrogens with one attached hydrogen (secondary N) is 1. The van der Waals surface area contributed by atoms with Crippen LogP contribution in [0.1, 0.15) is 36.2 Å². The van der Waals surface area contributed by atoms with Crippen molar-refractivity contribution in [2.75, 3.05) is 37.6 Å². The van der Waals surface area contributed by atoms with Gasteiger partial charge in [0.25, 0.3) is 5.91 Å². The molecule has 1 amide bonds. The van der Waals surface area contributed by atoms with Gasteiger partial charge < -0.3 is 10.2 Å². The van der Waals surface area contributed by atoms with E-state index in [9.17, 15) is 4.79 Å². The molecule has 0 saturated carbocycles. The average molecular weight is 380 g/mol. The third-order valence-corrected chi connectivity index (χ3v) is 5.02. The lowest BCUT2D eigenvalue weighted by Gasteiger charge is -2.34. The zero-order valence-corrected chi connectivity index (χ0v) is 16.7. The maximum atomic E-state index is 12.1. The Bertz CT molecular complexity index is 767. The summed E-state index contributed by atoms with van der Waals surface area (Å²) in [5, 5.41) is 2.94. The number of aromatic nitrogens is 2. The summed E-state index contributed by atoms with van der Waals surface area (Å²) < 4.78 is 0. The molecule has 0 radical (unpaired) electrons. The molecule has 1 aliphatic heterocycles. The zero-order valence-electron chi connectivity index (χ0n) is 16.7. The molecule has 6 heteroatoms. The smallest absolute Gasteiger partial charge is 0.254 e. The van der Waals surface area contributed by atoms with Crippen LogP contribution in [0, 0.1) is 0 Å². The van der Waals surface area contributed by atoms with Crippen LogP contribution in [0.5, 0.6) is 0 Å². The van der Waals surface area contributed by atoms with Crippen LogP contribution in [0.3, 0.4) is 0 Å². The molecule has 1 atom stereocenters. The standard InChI is InChI=1S/C22H29N5O/c1-3-18(2)25-21(28)20-16-23-22(24-17-20)27-14-12-26(13-15-27)11-7-10-19-8-5-4-6-9-19/h4-10,16-18H,3,11-15H2,1-2H3,(H,25,28)/b10-7+. The SMILES string of the molecule is CCC(C)NC(=O)c1cnc(N2CCN(C/C=C/c3ccccc3)CC2)nc1. The van der Waals surface area contributed by atoms with Gasteiger partial charge in [0, 0.05) is 51.2 Å². The number of carbonyl (C=O) groups is 1. The van der Waals surface area contributed by atoms with Gasteiger partial charge in [-0.2, -0.15) is 0 Å². The molecule has 148 valence electrons. The Morgan fingerprint density at radius 1 is 1.14 bits per heavy atom. The van der Waals surface area contributed by atoms with Gasteiger partial charge >= 0.3 is 0 Å². The van der Waals surface area contributed by atoms with Gasteiger partial charge in [-0.05, 0) is 18.9 Å². The van der Waals surface area contributed by atoms with Crippen molar-refractivity contribution >= 4 is 17.9 Å². The molecule has 1 aliphatic rings. The van der Waals surface area contributed by atoms with Gasteiger partial charge in [-0.3, -0.25) is 9.69 Å². The van der Waals surface area contributed by atoms with Gasteiger partial charge in [0.2, 0.25) is 5.95 Å². The van der Waals surface area contributed by atoms with Gasteiger partial charge in [-0.1, -0.05) is 49.4 Å². The highest BCUT2D eigenvalue weighted by Gasteiger charge is 2.18. The molecule has 1 aromatic carbocycles. The van der Waals surface area contributed by atoms with Crippen molar-refractivity contribution in [3.05, 3.63) is 59.9 Å². The van der Waals surface area contributed by atoms with Crippen LogP contribution in [0.25, 0.3) is 6.08 Å². The average Bonchev–Trinajstić information content (AvgIpc) is 2.75. The summed E-state index contributed by atoms with van der Waals surface area (Å²) in [6.07, 6.45) is 8.52. The highest BCUT2D eigenvalue weighted by Crippen LogP contribution is 2.11. The second-order valence-corrected chi connectivity index (χ2v) is 7.16. The van der Waals surface area contributed by atoms with Crippen molar-refractivity contribution in [1.82, 2.24) is 20.2 Å². The molecule has 2 aromatic rings. The van der Waals surface area contributed by atoms with E-state index < -0.39 is 0 Å². The number of hydrogen-bond acceptors (Lipinski definition) is 5. The van der Waals surface area contributed by atoms with Gasteiger partial charge in [-0.25, -0.2) is 9.97 Å². The van der Waals surface area contributed by atoms with Gasteiger partial charge in [0.1, 0.15) is 0 Å². The molecule has 1 fully saturated rings. The van der Waals surface area contributed by atoms with E-state index in [1.54, 1.807) is 12.4 Å². The summed E-state index contributed by atoms with van der Waals surface area (Å²) in [4.78, 5) is 25.5. The highest BCUT2D eigenvalue weighted by atomic mass is 16.1. The first-order valence-corrected chi connectivity index (χ1v) is 9.97. The fourth-order valence-corrected chi connectivity index (χ4v) is 3.04. The van der Waals surface area contributed by atoms with Crippen LogP contribution in [-0.2, 0) is 0 Å². The van der Waals surface area contributed by atoms with E-state index >= 15 is 0 Å². The quantitative estimate of drug-likeness (QED) is 0.802. The third kappa shape index (κ3) is 5.63. The maximum Gasteiger partial charge on any atom is 0.254 e. The van der Waals surface area contributed by atoms with Crippen molar-refractivity contribution in [2.24, 2.45) is 0 Å². The molecule has 6 nitrogen and oxygen atoms in total. The lowest BCUT2D eigenvalue weighted by Crippen LogP contribution is -2.47. The molecule has 28 heavy (non-hydrogen) atoms. The van der Waals surface area contributed by atoms with E-state index in [0.717, 1.165) is 39.1 Å². The first-order valence-electron chi connectivity index (χ1n) is 9.97. The second-order valence-electron chi connectivity index (χ2n) is 7.16. The molecule has 0 spiro atoms. The van der Waals surface area contributed by atoms with Crippen molar-refractivity contribution < 1.29 is 4.79 Å². The van der Waals surface area contributed by atoms with Gasteiger partial charge in [0.15, 0.2) is 0 Å². The molecule has 0 aliphatic carbocycles. The zero-order chi connectivity index (χ0) is 19.8. The Morgan fingerprint density at radius 3 is 2.46 bits per heavy atom. The lowest BCUT2D eigenvalue weighted by atomic mass is 10.2. The molecule has 2 heterocycles. The third-order valence-electron chi connectivity index (χ3n) is 5.02. The number of hydrogen-bond donors (Lipinski definition) is 1. The number of anilines is 1. The molecule has 1 aromatic heterocycles. The molecule has 1 N–H and O–H groups in total. The normalized spacial score (nSPS) is 16.3. The minimum absolute atomic E-state index is 0.115. The van der Waals surface area contributed by atoms with Crippen LogP contribution in [0.2, 0.25) is 0 Å². The number of carbonyl (C=O) groups excluding carboxylic acids is 1. The molecule has 3 rings (SSSR count). The highest BCUT2D eigenvalue weighted by molar-refractivity contribution is 5.93. The molecule has 0 bridgehead atoms. The summed E-state index contributed by atoms with van der Waals surface area (Å²) in [5.74, 6) is 0.579. The number of rotatable bonds is 7. The Hall–Kier alpha value is -2.73. The van der Waals surface area contributed by atoms with Crippen molar-refractivity contribution in [1.29, 1.82) is 0 Å². The Labute approximate surface area is 167 Å². The van der Waals surface area contributed by atoms with Crippen LogP contribution in [0.15, 0.2) is 48.8 Å². The number of amides is 1. The predicted octanol–water partition coefficient (Wildman–Crippen LogP) is 2.84. The van der Waals surface area contributed by atoms with Crippen molar-refractivity contribution in [3.63, 3.8) is 0 Å². The Morgan fingerprint density at radius 2 is 1.82 bits per heavy atom. The molecule has 1 unspecified atom stereocenters. The van der Waals surface area contributed by atoms with Crippen LogP contribution in [-0.4, -0.2) is 59.5 Å². The monoisotopic (exact) mass is 379 g/mol. The number of nitrogens with zero attached hydrogens (tertiary/aromatic N) is 4. The number of piperazine rings is 1. The maximum absolute atomic E-state index is 12.1. The summed E-state index contributed by atoms with van der Waals surface area (Å²) in [5.41, 5.74) is 1.74. The van der Waals surface area contributed by atoms with Crippen LogP contribution in [0.4, 0.5) is 5.95 Å². The second kappa shape index (κ2) is 9.99. The molecule has 1 saturated heterocycles.